The van der Waals surface area contributed by atoms with E-state index in [1.165, 1.54) is 6.42 Å². The van der Waals surface area contributed by atoms with E-state index in [2.05, 4.69) is 15.3 Å². The van der Waals surface area contributed by atoms with Crippen LogP contribution in [-0.2, 0) is 6.42 Å². The van der Waals surface area contributed by atoms with Crippen molar-refractivity contribution in [2.24, 2.45) is 5.73 Å². The first-order chi connectivity index (χ1) is 7.31. The van der Waals surface area contributed by atoms with E-state index in [0.29, 0.717) is 0 Å². The zero-order chi connectivity index (χ0) is 10.7. The van der Waals surface area contributed by atoms with Gasteiger partial charge in [-0.05, 0) is 26.3 Å². The number of nitrogens with two attached hydrogens (primary N) is 1. The molecular formula is C9H15N5S. The van der Waals surface area contributed by atoms with Crippen molar-refractivity contribution in [3.05, 3.63) is 10.8 Å². The van der Waals surface area contributed by atoms with Crippen LogP contribution in [0.4, 0.5) is 0 Å². The van der Waals surface area contributed by atoms with Crippen molar-refractivity contribution in [2.45, 2.75) is 32.6 Å². The zero-order valence-electron chi connectivity index (χ0n) is 8.81. The smallest absolute Gasteiger partial charge is 0.234 e. The van der Waals surface area contributed by atoms with Crippen LogP contribution in [0.5, 0.6) is 0 Å². The van der Waals surface area contributed by atoms with Crippen LogP contribution in [0, 0.1) is 6.92 Å². The molecule has 6 heteroatoms. The lowest BCUT2D eigenvalue weighted by molar-refractivity contribution is 0.678. The van der Waals surface area contributed by atoms with Crippen molar-refractivity contribution in [2.75, 3.05) is 6.54 Å². The topological polar surface area (TPSA) is 69.1 Å². The number of hydrogen-bond acceptors (Lipinski definition) is 5. The first kappa shape index (κ1) is 10.5. The second kappa shape index (κ2) is 4.67. The molecule has 0 saturated heterocycles. The molecule has 2 aromatic rings. The number of fused-ring (bicyclic) bond motifs is 1. The van der Waals surface area contributed by atoms with Gasteiger partial charge in [-0.1, -0.05) is 17.8 Å². The molecule has 0 aliphatic carbocycles. The highest BCUT2D eigenvalue weighted by molar-refractivity contribution is 7.16. The van der Waals surface area contributed by atoms with E-state index in [1.807, 2.05) is 11.4 Å². The summed E-state index contributed by atoms with van der Waals surface area (Å²) in [5.41, 5.74) is 5.44. The number of rotatable bonds is 5. The minimum absolute atomic E-state index is 0.782. The summed E-state index contributed by atoms with van der Waals surface area (Å²) >= 11 is 1.62. The third kappa shape index (κ3) is 2.32. The maximum absolute atomic E-state index is 5.44. The van der Waals surface area contributed by atoms with Crippen LogP contribution in [0.3, 0.4) is 0 Å². The number of unbranched alkanes of at least 4 members (excludes halogenated alkanes) is 2. The lowest BCUT2D eigenvalue weighted by Gasteiger charge is -1.95. The summed E-state index contributed by atoms with van der Waals surface area (Å²) in [7, 11) is 0. The molecule has 0 bridgehead atoms. The van der Waals surface area contributed by atoms with Crippen LogP contribution in [0.15, 0.2) is 0 Å². The Labute approximate surface area is 92.3 Å². The molecule has 82 valence electrons. The summed E-state index contributed by atoms with van der Waals surface area (Å²) < 4.78 is 1.81. The molecule has 5 nitrogen and oxygen atoms in total. The largest absolute Gasteiger partial charge is 0.330 e. The Balaban J connectivity index is 1.97. The van der Waals surface area contributed by atoms with Crippen molar-refractivity contribution in [1.29, 1.82) is 0 Å². The van der Waals surface area contributed by atoms with Gasteiger partial charge in [0, 0.05) is 6.42 Å². The highest BCUT2D eigenvalue weighted by Crippen LogP contribution is 2.15. The molecule has 0 aromatic carbocycles. The van der Waals surface area contributed by atoms with E-state index in [4.69, 9.17) is 5.73 Å². The molecular weight excluding hydrogens is 210 g/mol. The van der Waals surface area contributed by atoms with E-state index < -0.39 is 0 Å². The second-order valence-corrected chi connectivity index (χ2v) is 4.58. The van der Waals surface area contributed by atoms with Gasteiger partial charge >= 0.3 is 0 Å². The van der Waals surface area contributed by atoms with Gasteiger partial charge in [0.15, 0.2) is 5.82 Å². The number of aromatic nitrogens is 4. The fourth-order valence-corrected chi connectivity index (χ4v) is 2.37. The van der Waals surface area contributed by atoms with Crippen LogP contribution in [0.1, 0.15) is 30.1 Å². The van der Waals surface area contributed by atoms with Crippen molar-refractivity contribution in [3.8, 4) is 0 Å². The molecule has 0 fully saturated rings. The third-order valence-corrected chi connectivity index (χ3v) is 3.24. The molecule has 0 saturated carbocycles. The fourth-order valence-electron chi connectivity index (χ4n) is 1.45. The fraction of sp³-hybridized carbons (Fsp3) is 0.667. The predicted molar refractivity (Wildman–Crippen MR) is 60.0 cm³/mol. The number of hydrogen-bond donors (Lipinski definition) is 1. The van der Waals surface area contributed by atoms with Crippen LogP contribution in [0.2, 0.25) is 0 Å². The normalized spacial score (nSPS) is 11.3. The lowest BCUT2D eigenvalue weighted by atomic mass is 10.2. The Hall–Kier alpha value is -1.01. The van der Waals surface area contributed by atoms with E-state index in [0.717, 1.165) is 41.6 Å². The van der Waals surface area contributed by atoms with E-state index in [1.54, 1.807) is 11.3 Å². The quantitative estimate of drug-likeness (QED) is 0.775. The van der Waals surface area contributed by atoms with E-state index in [-0.39, 0.29) is 0 Å². The van der Waals surface area contributed by atoms with Gasteiger partial charge in [0.05, 0.1) is 0 Å². The Morgan fingerprint density at radius 1 is 1.27 bits per heavy atom. The molecule has 0 unspecified atom stereocenters. The maximum Gasteiger partial charge on any atom is 0.234 e. The molecule has 0 atom stereocenters. The summed E-state index contributed by atoms with van der Waals surface area (Å²) in [5.74, 6) is 0.856. The lowest BCUT2D eigenvalue weighted by Crippen LogP contribution is -1.98. The average Bonchev–Trinajstić information content (AvgIpc) is 2.76. The summed E-state index contributed by atoms with van der Waals surface area (Å²) in [6.45, 7) is 2.70. The molecule has 0 aliphatic heterocycles. The Kier molecular flexibility index (Phi) is 3.27. The molecule has 0 radical (unpaired) electrons. The molecule has 0 spiro atoms. The van der Waals surface area contributed by atoms with Gasteiger partial charge in [-0.2, -0.15) is 9.61 Å². The number of aryl methyl sites for hydroxylation is 2. The van der Waals surface area contributed by atoms with Crippen LogP contribution in [0.25, 0.3) is 4.96 Å². The van der Waals surface area contributed by atoms with E-state index in [9.17, 15) is 0 Å². The van der Waals surface area contributed by atoms with Gasteiger partial charge in [0.1, 0.15) is 5.01 Å². The van der Waals surface area contributed by atoms with E-state index >= 15 is 0 Å². The number of nitrogens with zero attached hydrogens (tertiary/aromatic N) is 4. The highest BCUT2D eigenvalue weighted by Gasteiger charge is 2.07. The Morgan fingerprint density at radius 2 is 2.13 bits per heavy atom. The highest BCUT2D eigenvalue weighted by atomic mass is 32.1. The van der Waals surface area contributed by atoms with Gasteiger partial charge in [-0.3, -0.25) is 0 Å². The molecule has 0 aliphatic rings. The molecule has 2 N–H and O–H groups in total. The average molecular weight is 225 g/mol. The standard InChI is InChI=1S/C9H15N5S/c1-7-11-12-9-14(7)13-8(15-9)5-3-2-4-6-10/h2-6,10H2,1H3. The zero-order valence-corrected chi connectivity index (χ0v) is 9.63. The first-order valence-electron chi connectivity index (χ1n) is 5.19. The van der Waals surface area contributed by atoms with Gasteiger partial charge in [-0.25, -0.2) is 0 Å². The van der Waals surface area contributed by atoms with Gasteiger partial charge in [0.25, 0.3) is 0 Å². The maximum atomic E-state index is 5.44. The minimum atomic E-state index is 0.782. The monoisotopic (exact) mass is 225 g/mol. The molecule has 2 aromatic heterocycles. The first-order valence-corrected chi connectivity index (χ1v) is 6.00. The summed E-state index contributed by atoms with van der Waals surface area (Å²) in [6, 6.07) is 0. The van der Waals surface area contributed by atoms with Crippen molar-refractivity contribution >= 4 is 16.3 Å². The summed E-state index contributed by atoms with van der Waals surface area (Å²) in [5, 5.41) is 13.6. The Morgan fingerprint density at radius 3 is 2.87 bits per heavy atom. The molecule has 0 amide bonds. The van der Waals surface area contributed by atoms with Crippen LogP contribution in [-0.4, -0.2) is 26.4 Å². The van der Waals surface area contributed by atoms with Gasteiger partial charge in [0.2, 0.25) is 4.96 Å². The predicted octanol–water partition coefficient (Wildman–Crippen LogP) is 1.17. The summed E-state index contributed by atoms with van der Waals surface area (Å²) in [4.78, 5) is 0.890. The van der Waals surface area contributed by atoms with Crippen molar-refractivity contribution < 1.29 is 0 Å². The SMILES string of the molecule is Cc1nnc2sc(CCCCCN)nn12. The van der Waals surface area contributed by atoms with Crippen LogP contribution >= 0.6 is 11.3 Å². The third-order valence-electron chi connectivity index (χ3n) is 2.28. The summed E-state index contributed by atoms with van der Waals surface area (Å²) in [6.07, 6.45) is 4.45. The van der Waals surface area contributed by atoms with Crippen molar-refractivity contribution in [1.82, 2.24) is 19.8 Å². The van der Waals surface area contributed by atoms with Crippen molar-refractivity contribution in [3.63, 3.8) is 0 Å². The van der Waals surface area contributed by atoms with Gasteiger partial charge in [-0.15, -0.1) is 10.2 Å². The molecule has 2 rings (SSSR count). The molecule has 2 heterocycles. The van der Waals surface area contributed by atoms with Crippen LogP contribution < -0.4 is 5.73 Å². The van der Waals surface area contributed by atoms with Gasteiger partial charge < -0.3 is 5.73 Å². The second-order valence-electron chi connectivity index (χ2n) is 3.54. The molecule has 15 heavy (non-hydrogen) atoms. The minimum Gasteiger partial charge on any atom is -0.330 e. The Bertz CT molecular complexity index is 433.